The van der Waals surface area contributed by atoms with Crippen molar-refractivity contribution in [3.8, 4) is 0 Å². The number of carbonyl (C=O) groups is 1. The number of hydrogen-bond donors (Lipinski definition) is 0. The van der Waals surface area contributed by atoms with Crippen molar-refractivity contribution in [3.05, 3.63) is 70.3 Å². The van der Waals surface area contributed by atoms with E-state index < -0.39 is 11.6 Å². The molecule has 2 rings (SSSR count). The molecule has 0 saturated heterocycles. The molecular weight excluding hydrogens is 234 g/mol. The molecule has 0 aromatic heterocycles. The quantitative estimate of drug-likeness (QED) is 0.736. The predicted octanol–water partition coefficient (Wildman–Crippen LogP) is 3.81. The van der Waals surface area contributed by atoms with Gasteiger partial charge in [0.1, 0.15) is 11.6 Å². The van der Waals surface area contributed by atoms with Gasteiger partial charge in [0.25, 0.3) is 0 Å². The number of benzene rings is 2. The second-order valence-electron chi connectivity index (χ2n) is 4.25. The van der Waals surface area contributed by atoms with Gasteiger partial charge >= 0.3 is 0 Å². The van der Waals surface area contributed by atoms with Gasteiger partial charge in [0, 0.05) is 11.1 Å². The molecule has 3 heteroatoms. The van der Waals surface area contributed by atoms with Crippen LogP contribution in [0.3, 0.4) is 0 Å². The summed E-state index contributed by atoms with van der Waals surface area (Å²) in [6, 6.07) is 8.04. The van der Waals surface area contributed by atoms with Gasteiger partial charge in [-0.25, -0.2) is 8.78 Å². The first-order valence-electron chi connectivity index (χ1n) is 5.56. The fourth-order valence-corrected chi connectivity index (χ4v) is 1.82. The highest BCUT2D eigenvalue weighted by Gasteiger charge is 2.15. The van der Waals surface area contributed by atoms with Crippen LogP contribution >= 0.6 is 0 Å². The van der Waals surface area contributed by atoms with Crippen LogP contribution < -0.4 is 0 Å². The molecule has 0 N–H and O–H groups in total. The second-order valence-corrected chi connectivity index (χ2v) is 4.25. The molecule has 0 radical (unpaired) electrons. The summed E-state index contributed by atoms with van der Waals surface area (Å²) in [6.45, 7) is 3.45. The number of hydrogen-bond acceptors (Lipinski definition) is 1. The van der Waals surface area contributed by atoms with E-state index in [1.165, 1.54) is 36.4 Å². The zero-order chi connectivity index (χ0) is 13.3. The summed E-state index contributed by atoms with van der Waals surface area (Å²) in [6.07, 6.45) is 0. The lowest BCUT2D eigenvalue weighted by molar-refractivity contribution is 0.103. The Kier molecular flexibility index (Phi) is 3.24. The molecule has 2 aromatic rings. The van der Waals surface area contributed by atoms with Crippen molar-refractivity contribution in [2.75, 3.05) is 0 Å². The van der Waals surface area contributed by atoms with Crippen molar-refractivity contribution in [2.24, 2.45) is 0 Å². The zero-order valence-electron chi connectivity index (χ0n) is 10.1. The summed E-state index contributed by atoms with van der Waals surface area (Å²) < 4.78 is 26.4. The maximum Gasteiger partial charge on any atom is 0.193 e. The minimum atomic E-state index is -0.474. The molecule has 0 bridgehead atoms. The zero-order valence-corrected chi connectivity index (χ0v) is 10.1. The number of halogens is 2. The van der Waals surface area contributed by atoms with Crippen molar-refractivity contribution < 1.29 is 13.6 Å². The molecule has 0 saturated carbocycles. The van der Waals surface area contributed by atoms with Crippen LogP contribution in [0, 0.1) is 25.5 Å². The molecular formula is C15H12F2O. The minimum Gasteiger partial charge on any atom is -0.289 e. The van der Waals surface area contributed by atoms with Gasteiger partial charge in [0.15, 0.2) is 5.78 Å². The van der Waals surface area contributed by atoms with Crippen LogP contribution in [0.4, 0.5) is 8.78 Å². The third kappa shape index (κ3) is 2.30. The molecule has 92 valence electrons. The second kappa shape index (κ2) is 4.69. The number of carbonyl (C=O) groups excluding carboxylic acids is 1. The minimum absolute atomic E-state index is 0.267. The molecule has 0 fully saturated rings. The Morgan fingerprint density at radius 3 is 1.61 bits per heavy atom. The average Bonchev–Trinajstić information content (AvgIpc) is 2.34. The van der Waals surface area contributed by atoms with E-state index in [1.54, 1.807) is 13.8 Å². The Hall–Kier alpha value is -2.03. The molecule has 0 aliphatic rings. The molecule has 0 atom stereocenters. The molecule has 0 heterocycles. The Labute approximate surface area is 104 Å². The third-order valence-corrected chi connectivity index (χ3v) is 2.89. The van der Waals surface area contributed by atoms with Crippen LogP contribution in [-0.2, 0) is 0 Å². The summed E-state index contributed by atoms with van der Waals surface area (Å²) in [5.74, 6) is -1.31. The van der Waals surface area contributed by atoms with E-state index in [0.29, 0.717) is 11.1 Å². The van der Waals surface area contributed by atoms with Crippen molar-refractivity contribution in [3.63, 3.8) is 0 Å². The fourth-order valence-electron chi connectivity index (χ4n) is 1.82. The maximum absolute atomic E-state index is 13.2. The molecule has 0 aliphatic carbocycles. The molecule has 18 heavy (non-hydrogen) atoms. The van der Waals surface area contributed by atoms with Crippen LogP contribution in [0.1, 0.15) is 27.0 Å². The normalized spacial score (nSPS) is 10.4. The van der Waals surface area contributed by atoms with E-state index in [2.05, 4.69) is 0 Å². The van der Waals surface area contributed by atoms with Gasteiger partial charge in [-0.05, 0) is 49.2 Å². The highest BCUT2D eigenvalue weighted by Crippen LogP contribution is 2.19. The van der Waals surface area contributed by atoms with E-state index in [9.17, 15) is 13.6 Å². The van der Waals surface area contributed by atoms with Gasteiger partial charge < -0.3 is 0 Å². The van der Waals surface area contributed by atoms with Crippen molar-refractivity contribution >= 4 is 5.78 Å². The van der Waals surface area contributed by atoms with Crippen LogP contribution in [0.25, 0.3) is 0 Å². The van der Waals surface area contributed by atoms with Crippen LogP contribution in [0.15, 0.2) is 36.4 Å². The SMILES string of the molecule is Cc1ccc(F)cc1C(=O)c1cc(F)ccc1C. The lowest BCUT2D eigenvalue weighted by Gasteiger charge is -2.08. The molecule has 0 amide bonds. The number of aryl methyl sites for hydroxylation is 2. The average molecular weight is 246 g/mol. The highest BCUT2D eigenvalue weighted by molar-refractivity contribution is 6.10. The van der Waals surface area contributed by atoms with Gasteiger partial charge in [-0.3, -0.25) is 4.79 Å². The van der Waals surface area contributed by atoms with Crippen molar-refractivity contribution in [1.82, 2.24) is 0 Å². The molecule has 0 unspecified atom stereocenters. The first kappa shape index (κ1) is 12.4. The van der Waals surface area contributed by atoms with E-state index in [1.807, 2.05) is 0 Å². The van der Waals surface area contributed by atoms with Gasteiger partial charge in [-0.1, -0.05) is 12.1 Å². The Morgan fingerprint density at radius 1 is 0.833 bits per heavy atom. The van der Waals surface area contributed by atoms with Crippen LogP contribution in [-0.4, -0.2) is 5.78 Å². The van der Waals surface area contributed by atoms with Gasteiger partial charge in [0.05, 0.1) is 0 Å². The summed E-state index contributed by atoms with van der Waals surface area (Å²) in [5.41, 5.74) is 1.88. The topological polar surface area (TPSA) is 17.1 Å². The maximum atomic E-state index is 13.2. The first-order chi connectivity index (χ1) is 8.49. The smallest absolute Gasteiger partial charge is 0.193 e. The predicted molar refractivity (Wildman–Crippen MR) is 65.7 cm³/mol. The lowest BCUT2D eigenvalue weighted by atomic mass is 9.96. The standard InChI is InChI=1S/C15H12F2O/c1-9-3-5-11(16)7-13(9)15(18)14-8-12(17)6-4-10(14)2/h3-8H,1-2H3. The molecule has 0 spiro atoms. The summed E-state index contributed by atoms with van der Waals surface area (Å²) in [5, 5.41) is 0. The molecule has 0 aliphatic heterocycles. The van der Waals surface area contributed by atoms with Crippen LogP contribution in [0.2, 0.25) is 0 Å². The van der Waals surface area contributed by atoms with Crippen LogP contribution in [0.5, 0.6) is 0 Å². The fraction of sp³-hybridized carbons (Fsp3) is 0.133. The lowest BCUT2D eigenvalue weighted by Crippen LogP contribution is -2.06. The van der Waals surface area contributed by atoms with Crippen molar-refractivity contribution in [2.45, 2.75) is 13.8 Å². The summed E-state index contributed by atoms with van der Waals surface area (Å²) in [4.78, 5) is 12.3. The Morgan fingerprint density at radius 2 is 1.22 bits per heavy atom. The van der Waals surface area contributed by atoms with E-state index in [-0.39, 0.29) is 16.9 Å². The van der Waals surface area contributed by atoms with E-state index in [4.69, 9.17) is 0 Å². The summed E-state index contributed by atoms with van der Waals surface area (Å²) in [7, 11) is 0. The molecule has 2 aromatic carbocycles. The first-order valence-corrected chi connectivity index (χ1v) is 5.56. The van der Waals surface area contributed by atoms with Gasteiger partial charge in [-0.15, -0.1) is 0 Å². The highest BCUT2D eigenvalue weighted by atomic mass is 19.1. The largest absolute Gasteiger partial charge is 0.289 e. The van der Waals surface area contributed by atoms with Gasteiger partial charge in [-0.2, -0.15) is 0 Å². The van der Waals surface area contributed by atoms with Gasteiger partial charge in [0.2, 0.25) is 0 Å². The van der Waals surface area contributed by atoms with Crippen molar-refractivity contribution in [1.29, 1.82) is 0 Å². The monoisotopic (exact) mass is 246 g/mol. The Balaban J connectivity index is 2.54. The third-order valence-electron chi connectivity index (χ3n) is 2.89. The van der Waals surface area contributed by atoms with E-state index >= 15 is 0 Å². The number of ketones is 1. The van der Waals surface area contributed by atoms with E-state index in [0.717, 1.165) is 0 Å². The summed E-state index contributed by atoms with van der Waals surface area (Å²) >= 11 is 0. The Bertz CT molecular complexity index is 564. The number of rotatable bonds is 2. The molecule has 1 nitrogen and oxygen atoms in total.